The molecule has 2 rings (SSSR count). The van der Waals surface area contributed by atoms with Crippen LogP contribution in [-0.2, 0) is 20.1 Å². The smallest absolute Gasteiger partial charge is 0.287 e. The zero-order chi connectivity index (χ0) is 14.5. The Kier molecular flexibility index (Phi) is 4.43. The number of hydrogen-bond acceptors (Lipinski definition) is 6. The molecule has 20 heavy (non-hydrogen) atoms. The average Bonchev–Trinajstić information content (AvgIpc) is 3.05. The lowest BCUT2D eigenvalue weighted by Crippen LogP contribution is -2.30. The van der Waals surface area contributed by atoms with Crippen molar-refractivity contribution in [1.29, 1.82) is 0 Å². The van der Waals surface area contributed by atoms with Crippen LogP contribution in [0.25, 0.3) is 0 Å². The van der Waals surface area contributed by atoms with E-state index in [1.165, 1.54) is 0 Å². The monoisotopic (exact) mass is 278 g/mol. The van der Waals surface area contributed by atoms with Gasteiger partial charge in [0.05, 0.1) is 18.9 Å². The first-order valence-electron chi connectivity index (χ1n) is 6.15. The van der Waals surface area contributed by atoms with Crippen molar-refractivity contribution in [2.75, 3.05) is 13.6 Å². The number of nitrogens with two attached hydrogens (primary N) is 1. The molecule has 0 aliphatic heterocycles. The van der Waals surface area contributed by atoms with Gasteiger partial charge in [-0.05, 0) is 7.05 Å². The van der Waals surface area contributed by atoms with Crippen molar-refractivity contribution in [3.63, 3.8) is 0 Å². The number of carbonyl (C=O) groups is 1. The number of hydrazine groups is 1. The summed E-state index contributed by atoms with van der Waals surface area (Å²) in [4.78, 5) is 13.4. The van der Waals surface area contributed by atoms with Crippen LogP contribution in [0.5, 0.6) is 0 Å². The van der Waals surface area contributed by atoms with E-state index in [9.17, 15) is 4.79 Å². The number of carbonyl (C=O) groups excluding carboxylic acids is 1. The summed E-state index contributed by atoms with van der Waals surface area (Å²) in [6.07, 6.45) is 5.39. The van der Waals surface area contributed by atoms with Gasteiger partial charge in [0.15, 0.2) is 5.69 Å². The van der Waals surface area contributed by atoms with E-state index in [0.29, 0.717) is 6.54 Å². The summed E-state index contributed by atoms with van der Waals surface area (Å²) in [6.45, 7) is 2.22. The molecule has 0 atom stereocenters. The number of nitrogens with one attached hydrogen (secondary N) is 1. The van der Waals surface area contributed by atoms with Crippen molar-refractivity contribution in [3.8, 4) is 0 Å². The summed E-state index contributed by atoms with van der Waals surface area (Å²) in [6, 6.07) is 0. The van der Waals surface area contributed by atoms with Gasteiger partial charge in [0.2, 0.25) is 0 Å². The van der Waals surface area contributed by atoms with Crippen molar-refractivity contribution in [2.24, 2.45) is 12.9 Å². The first kappa shape index (κ1) is 14.2. The van der Waals surface area contributed by atoms with E-state index >= 15 is 0 Å². The van der Waals surface area contributed by atoms with Gasteiger partial charge in [-0.2, -0.15) is 5.10 Å². The van der Waals surface area contributed by atoms with Gasteiger partial charge in [-0.1, -0.05) is 5.21 Å². The number of rotatable bonds is 6. The molecule has 3 N–H and O–H groups in total. The highest BCUT2D eigenvalue weighted by Gasteiger charge is 2.09. The largest absolute Gasteiger partial charge is 0.300 e. The van der Waals surface area contributed by atoms with E-state index < -0.39 is 5.91 Å². The van der Waals surface area contributed by atoms with E-state index in [2.05, 4.69) is 20.3 Å². The van der Waals surface area contributed by atoms with Crippen LogP contribution in [-0.4, -0.2) is 49.2 Å². The second-order valence-electron chi connectivity index (χ2n) is 4.60. The highest BCUT2D eigenvalue weighted by Crippen LogP contribution is 2.01. The van der Waals surface area contributed by atoms with Crippen LogP contribution < -0.4 is 11.3 Å². The highest BCUT2D eigenvalue weighted by atomic mass is 16.2. The van der Waals surface area contributed by atoms with E-state index in [1.54, 1.807) is 15.6 Å². The molecule has 0 aliphatic rings. The zero-order valence-electron chi connectivity index (χ0n) is 11.5. The second-order valence-corrected chi connectivity index (χ2v) is 4.60. The van der Waals surface area contributed by atoms with E-state index in [4.69, 9.17) is 5.84 Å². The van der Waals surface area contributed by atoms with E-state index in [0.717, 1.165) is 18.7 Å². The van der Waals surface area contributed by atoms with E-state index in [1.807, 2.05) is 31.9 Å². The van der Waals surface area contributed by atoms with Gasteiger partial charge < -0.3 is 4.90 Å². The summed E-state index contributed by atoms with van der Waals surface area (Å²) >= 11 is 0. The summed E-state index contributed by atoms with van der Waals surface area (Å²) in [5.41, 5.74) is 3.38. The maximum Gasteiger partial charge on any atom is 0.287 e. The van der Waals surface area contributed by atoms with Gasteiger partial charge in [0.1, 0.15) is 0 Å². The van der Waals surface area contributed by atoms with Gasteiger partial charge in [0, 0.05) is 31.9 Å². The molecule has 0 unspecified atom stereocenters. The van der Waals surface area contributed by atoms with Crippen LogP contribution in [0.15, 0.2) is 18.6 Å². The number of nitrogen functional groups attached to an aromatic ring is 1. The van der Waals surface area contributed by atoms with Gasteiger partial charge in [0.25, 0.3) is 5.91 Å². The maximum atomic E-state index is 11.2. The summed E-state index contributed by atoms with van der Waals surface area (Å²) < 4.78 is 3.39. The molecule has 2 aromatic rings. The van der Waals surface area contributed by atoms with Gasteiger partial charge in [-0.15, -0.1) is 5.10 Å². The average molecular weight is 278 g/mol. The lowest BCUT2D eigenvalue weighted by molar-refractivity contribution is 0.0948. The molecule has 0 fully saturated rings. The molecular formula is C11H18N8O. The Balaban J connectivity index is 1.82. The van der Waals surface area contributed by atoms with Gasteiger partial charge in [-0.25, -0.2) is 5.84 Å². The normalized spacial score (nSPS) is 11.0. The Labute approximate surface area is 116 Å². The number of aromatic nitrogens is 5. The number of hydrogen-bond donors (Lipinski definition) is 2. The number of aryl methyl sites for hydroxylation is 1. The molecule has 9 nitrogen and oxygen atoms in total. The minimum atomic E-state index is -0.444. The molecule has 2 aromatic heterocycles. The third-order valence-corrected chi connectivity index (χ3v) is 2.82. The lowest BCUT2D eigenvalue weighted by Gasteiger charge is -2.14. The number of likely N-dealkylation sites (N-methyl/N-ethyl adjacent to an activating group) is 1. The Bertz CT molecular complexity index is 574. The fraction of sp³-hybridized carbons (Fsp3) is 0.455. The minimum absolute atomic E-state index is 0.211. The predicted octanol–water partition coefficient (Wildman–Crippen LogP) is -1.25. The van der Waals surface area contributed by atoms with Crippen molar-refractivity contribution in [3.05, 3.63) is 29.8 Å². The summed E-state index contributed by atoms with van der Waals surface area (Å²) in [5.74, 6) is 4.59. The molecule has 1 amide bonds. The minimum Gasteiger partial charge on any atom is -0.300 e. The molecule has 0 aliphatic carbocycles. The Morgan fingerprint density at radius 1 is 1.50 bits per heavy atom. The zero-order valence-corrected chi connectivity index (χ0v) is 11.5. The number of nitrogens with zero attached hydrogens (tertiary/aromatic N) is 6. The molecule has 0 aromatic carbocycles. The highest BCUT2D eigenvalue weighted by molar-refractivity contribution is 5.91. The third-order valence-electron chi connectivity index (χ3n) is 2.82. The van der Waals surface area contributed by atoms with E-state index in [-0.39, 0.29) is 5.69 Å². The molecule has 2 heterocycles. The molecule has 0 saturated heterocycles. The van der Waals surface area contributed by atoms with Crippen LogP contribution in [0, 0.1) is 0 Å². The third kappa shape index (κ3) is 3.62. The Morgan fingerprint density at radius 3 is 2.95 bits per heavy atom. The first-order chi connectivity index (χ1) is 9.58. The molecular weight excluding hydrogens is 260 g/mol. The van der Waals surface area contributed by atoms with Crippen molar-refractivity contribution in [2.45, 2.75) is 13.1 Å². The lowest BCUT2D eigenvalue weighted by atomic mass is 10.3. The van der Waals surface area contributed by atoms with Crippen LogP contribution in [0.3, 0.4) is 0 Å². The SMILES string of the molecule is CN(CCn1cc(C(=O)NN)nn1)Cc1cnn(C)c1. The predicted molar refractivity (Wildman–Crippen MR) is 71.2 cm³/mol. The van der Waals surface area contributed by atoms with Crippen molar-refractivity contribution >= 4 is 5.91 Å². The van der Waals surface area contributed by atoms with Crippen LogP contribution in [0.2, 0.25) is 0 Å². The molecule has 9 heteroatoms. The first-order valence-corrected chi connectivity index (χ1v) is 6.15. The Hall–Kier alpha value is -2.26. The summed E-state index contributed by atoms with van der Waals surface area (Å²) in [5, 5.41) is 11.7. The molecule has 0 spiro atoms. The fourth-order valence-electron chi connectivity index (χ4n) is 1.80. The van der Waals surface area contributed by atoms with Crippen LogP contribution in [0.1, 0.15) is 16.1 Å². The van der Waals surface area contributed by atoms with Crippen molar-refractivity contribution < 1.29 is 4.79 Å². The molecule has 0 radical (unpaired) electrons. The Morgan fingerprint density at radius 2 is 2.30 bits per heavy atom. The second kappa shape index (κ2) is 6.26. The van der Waals surface area contributed by atoms with Crippen LogP contribution in [0.4, 0.5) is 0 Å². The fourth-order valence-corrected chi connectivity index (χ4v) is 1.80. The quantitative estimate of drug-likeness (QED) is 0.388. The van der Waals surface area contributed by atoms with Crippen LogP contribution >= 0.6 is 0 Å². The molecule has 0 bridgehead atoms. The topological polar surface area (TPSA) is 107 Å². The molecule has 0 saturated carbocycles. The van der Waals surface area contributed by atoms with Gasteiger partial charge in [-0.3, -0.25) is 19.6 Å². The standard InChI is InChI=1S/C11H18N8O/c1-17(6-9-5-13-18(2)7-9)3-4-19-8-10(15-16-19)11(20)14-12/h5,7-8H,3-4,6,12H2,1-2H3,(H,14,20). The van der Waals surface area contributed by atoms with Crippen molar-refractivity contribution in [1.82, 2.24) is 35.1 Å². The van der Waals surface area contributed by atoms with Gasteiger partial charge >= 0.3 is 0 Å². The number of amides is 1. The maximum absolute atomic E-state index is 11.2. The molecule has 108 valence electrons. The summed E-state index contributed by atoms with van der Waals surface area (Å²) in [7, 11) is 3.90.